The van der Waals surface area contributed by atoms with Crippen LogP contribution in [-0.4, -0.2) is 16.1 Å². The number of ether oxygens (including phenoxy) is 1. The molecular weight excluding hydrogens is 172 g/mol. The van der Waals surface area contributed by atoms with Crippen molar-refractivity contribution in [3.8, 4) is 0 Å². The van der Waals surface area contributed by atoms with Crippen molar-refractivity contribution in [1.29, 1.82) is 0 Å². The van der Waals surface area contributed by atoms with Gasteiger partial charge in [-0.25, -0.2) is 5.43 Å². The zero-order chi connectivity index (χ0) is 9.26. The maximum absolute atomic E-state index is 5.15. The van der Waals surface area contributed by atoms with Gasteiger partial charge in [-0.15, -0.1) is 15.3 Å². The molecule has 1 aromatic rings. The molecule has 6 heteroatoms. The fraction of sp³-hybridized carbons (Fsp3) is 0.286. The van der Waals surface area contributed by atoms with E-state index in [1.807, 2.05) is 0 Å². The Balaban J connectivity index is 2.14. The second kappa shape index (κ2) is 2.89. The average Bonchev–Trinajstić information content (AvgIpc) is 2.62. The standard InChI is InChI=1S/C7H8N4O2/c1-4-8-10-6(12-4)3-7-11-9-5(2)13-7/h3,10H,1-2H3. The molecular formula is C7H8N4O2. The van der Waals surface area contributed by atoms with E-state index in [4.69, 9.17) is 9.15 Å². The molecule has 1 aromatic heterocycles. The molecule has 0 spiro atoms. The predicted molar refractivity (Wildman–Crippen MR) is 44.3 cm³/mol. The Hall–Kier alpha value is -1.85. The third kappa shape index (κ3) is 1.66. The van der Waals surface area contributed by atoms with E-state index in [1.165, 1.54) is 0 Å². The summed E-state index contributed by atoms with van der Waals surface area (Å²) in [5.41, 5.74) is 2.66. The minimum absolute atomic E-state index is 0.393. The van der Waals surface area contributed by atoms with Crippen LogP contribution in [0.5, 0.6) is 0 Å². The number of aryl methyl sites for hydroxylation is 1. The topological polar surface area (TPSA) is 72.5 Å². The molecule has 2 heterocycles. The summed E-state index contributed by atoms with van der Waals surface area (Å²) < 4.78 is 10.3. The van der Waals surface area contributed by atoms with Gasteiger partial charge < -0.3 is 9.15 Å². The fourth-order valence-electron chi connectivity index (χ4n) is 0.883. The highest BCUT2D eigenvalue weighted by Crippen LogP contribution is 2.08. The lowest BCUT2D eigenvalue weighted by atomic mass is 10.6. The second-order valence-corrected chi connectivity index (χ2v) is 2.51. The molecule has 6 nitrogen and oxygen atoms in total. The molecule has 0 unspecified atom stereocenters. The fourth-order valence-corrected chi connectivity index (χ4v) is 0.883. The predicted octanol–water partition coefficient (Wildman–Crippen LogP) is 0.630. The van der Waals surface area contributed by atoms with Crippen molar-refractivity contribution >= 4 is 12.0 Å². The van der Waals surface area contributed by atoms with Crippen LogP contribution in [0.3, 0.4) is 0 Å². The number of nitrogens with one attached hydrogen (secondary N) is 1. The largest absolute Gasteiger partial charge is 0.424 e. The first-order valence-electron chi connectivity index (χ1n) is 3.74. The molecule has 0 aromatic carbocycles. The highest BCUT2D eigenvalue weighted by molar-refractivity contribution is 5.76. The number of aromatic nitrogens is 2. The average molecular weight is 180 g/mol. The van der Waals surface area contributed by atoms with Crippen LogP contribution in [0.1, 0.15) is 18.7 Å². The van der Waals surface area contributed by atoms with Gasteiger partial charge in [-0.3, -0.25) is 0 Å². The SMILES string of the molecule is CC1=NNC(=Cc2nnc(C)o2)O1. The Morgan fingerprint density at radius 3 is 2.69 bits per heavy atom. The van der Waals surface area contributed by atoms with Crippen molar-refractivity contribution < 1.29 is 9.15 Å². The molecule has 0 radical (unpaired) electrons. The van der Waals surface area contributed by atoms with Crippen molar-refractivity contribution in [2.24, 2.45) is 5.10 Å². The van der Waals surface area contributed by atoms with E-state index in [9.17, 15) is 0 Å². The van der Waals surface area contributed by atoms with Crippen LogP contribution in [0.4, 0.5) is 0 Å². The Morgan fingerprint density at radius 1 is 1.31 bits per heavy atom. The van der Waals surface area contributed by atoms with Gasteiger partial charge in [0, 0.05) is 13.8 Å². The first-order valence-corrected chi connectivity index (χ1v) is 3.74. The number of hydrazone groups is 1. The highest BCUT2D eigenvalue weighted by Gasteiger charge is 2.09. The minimum atomic E-state index is 0.393. The van der Waals surface area contributed by atoms with Crippen LogP contribution in [0.25, 0.3) is 6.08 Å². The number of hydrogen-bond donors (Lipinski definition) is 1. The maximum Gasteiger partial charge on any atom is 0.245 e. The van der Waals surface area contributed by atoms with Crippen molar-refractivity contribution in [3.63, 3.8) is 0 Å². The van der Waals surface area contributed by atoms with E-state index in [-0.39, 0.29) is 0 Å². The van der Waals surface area contributed by atoms with E-state index in [1.54, 1.807) is 19.9 Å². The lowest BCUT2D eigenvalue weighted by Gasteiger charge is -1.93. The molecule has 0 amide bonds. The van der Waals surface area contributed by atoms with Gasteiger partial charge >= 0.3 is 0 Å². The first kappa shape index (κ1) is 7.78. The van der Waals surface area contributed by atoms with Crippen molar-refractivity contribution in [2.75, 3.05) is 0 Å². The van der Waals surface area contributed by atoms with Gasteiger partial charge in [0.25, 0.3) is 0 Å². The van der Waals surface area contributed by atoms with Crippen LogP contribution in [0, 0.1) is 6.92 Å². The molecule has 68 valence electrons. The monoisotopic (exact) mass is 180 g/mol. The summed E-state index contributed by atoms with van der Waals surface area (Å²) in [6.07, 6.45) is 1.58. The Bertz CT molecular complexity index is 380. The lowest BCUT2D eigenvalue weighted by molar-refractivity contribution is 0.415. The third-order valence-electron chi connectivity index (χ3n) is 1.38. The molecule has 0 fully saturated rings. The van der Waals surface area contributed by atoms with Gasteiger partial charge in [-0.2, -0.15) is 0 Å². The lowest BCUT2D eigenvalue weighted by Crippen LogP contribution is -1.98. The van der Waals surface area contributed by atoms with Gasteiger partial charge in [0.2, 0.25) is 23.6 Å². The van der Waals surface area contributed by atoms with Crippen molar-refractivity contribution in [2.45, 2.75) is 13.8 Å². The van der Waals surface area contributed by atoms with E-state index in [0.29, 0.717) is 23.6 Å². The summed E-state index contributed by atoms with van der Waals surface area (Å²) in [4.78, 5) is 0. The molecule has 0 aliphatic carbocycles. The minimum Gasteiger partial charge on any atom is -0.424 e. The van der Waals surface area contributed by atoms with Gasteiger partial charge in [0.15, 0.2) is 0 Å². The van der Waals surface area contributed by atoms with E-state index in [2.05, 4.69) is 20.7 Å². The third-order valence-corrected chi connectivity index (χ3v) is 1.38. The summed E-state index contributed by atoms with van der Waals surface area (Å²) in [7, 11) is 0. The smallest absolute Gasteiger partial charge is 0.245 e. The van der Waals surface area contributed by atoms with E-state index >= 15 is 0 Å². The quantitative estimate of drug-likeness (QED) is 0.686. The molecule has 0 bridgehead atoms. The number of hydrogen-bond acceptors (Lipinski definition) is 6. The zero-order valence-corrected chi connectivity index (χ0v) is 7.24. The molecule has 1 aliphatic rings. The summed E-state index contributed by atoms with van der Waals surface area (Å²) in [6.45, 7) is 3.46. The first-order chi connectivity index (χ1) is 6.24. The second-order valence-electron chi connectivity index (χ2n) is 2.51. The van der Waals surface area contributed by atoms with Crippen molar-refractivity contribution in [3.05, 3.63) is 17.7 Å². The van der Waals surface area contributed by atoms with Crippen molar-refractivity contribution in [1.82, 2.24) is 15.6 Å². The van der Waals surface area contributed by atoms with E-state index < -0.39 is 0 Å². The number of nitrogens with zero attached hydrogens (tertiary/aromatic N) is 3. The van der Waals surface area contributed by atoms with Gasteiger partial charge in [0.1, 0.15) is 0 Å². The van der Waals surface area contributed by atoms with Crippen LogP contribution in [-0.2, 0) is 4.74 Å². The molecule has 1 aliphatic heterocycles. The molecule has 13 heavy (non-hydrogen) atoms. The Labute approximate surface area is 74.3 Å². The molecule has 0 atom stereocenters. The highest BCUT2D eigenvalue weighted by atomic mass is 16.5. The normalized spacial score (nSPS) is 18.3. The van der Waals surface area contributed by atoms with Crippen LogP contribution in [0.2, 0.25) is 0 Å². The zero-order valence-electron chi connectivity index (χ0n) is 7.24. The van der Waals surface area contributed by atoms with E-state index in [0.717, 1.165) is 0 Å². The Kier molecular flexibility index (Phi) is 1.73. The van der Waals surface area contributed by atoms with Gasteiger partial charge in [-0.1, -0.05) is 0 Å². The maximum atomic E-state index is 5.15. The molecule has 0 saturated carbocycles. The van der Waals surface area contributed by atoms with Gasteiger partial charge in [-0.05, 0) is 0 Å². The molecule has 2 rings (SSSR count). The van der Waals surface area contributed by atoms with Crippen LogP contribution < -0.4 is 5.43 Å². The molecule has 1 N–H and O–H groups in total. The summed E-state index contributed by atoms with van der Waals surface area (Å²) >= 11 is 0. The summed E-state index contributed by atoms with van der Waals surface area (Å²) in [6, 6.07) is 0. The molecule has 0 saturated heterocycles. The Morgan fingerprint density at radius 2 is 2.15 bits per heavy atom. The van der Waals surface area contributed by atoms with Crippen LogP contribution >= 0.6 is 0 Å². The number of rotatable bonds is 1. The summed E-state index contributed by atoms with van der Waals surface area (Å²) in [5.74, 6) is 1.95. The van der Waals surface area contributed by atoms with Gasteiger partial charge in [0.05, 0.1) is 6.08 Å². The van der Waals surface area contributed by atoms with Crippen LogP contribution in [0.15, 0.2) is 15.4 Å². The summed E-state index contributed by atoms with van der Waals surface area (Å²) in [5, 5.41) is 11.2.